The number of nitrogens with two attached hydrogens (primary N) is 1. The first kappa shape index (κ1) is 13.3. The second-order valence-corrected chi connectivity index (χ2v) is 3.37. The highest BCUT2D eigenvalue weighted by Gasteiger charge is 2.13. The van der Waals surface area contributed by atoms with Crippen LogP contribution in [0, 0.1) is 0 Å². The van der Waals surface area contributed by atoms with Crippen molar-refractivity contribution in [3.8, 4) is 5.75 Å². The van der Waals surface area contributed by atoms with Gasteiger partial charge in [0.15, 0.2) is 0 Å². The van der Waals surface area contributed by atoms with E-state index < -0.39 is 12.6 Å². The lowest BCUT2D eigenvalue weighted by atomic mass is 10.2. The molecule has 1 rings (SSSR count). The third-order valence-electron chi connectivity index (χ3n) is 2.04. The number of halogens is 1. The normalized spacial score (nSPS) is 10.0. The molecule has 0 amide bonds. The minimum atomic E-state index is -0.470. The molecular formula is C12H16FNO3. The molecule has 0 saturated carbocycles. The summed E-state index contributed by atoms with van der Waals surface area (Å²) in [6, 6.07) is 4.66. The van der Waals surface area contributed by atoms with Gasteiger partial charge in [0.2, 0.25) is 0 Å². The number of nitrogen functional groups attached to an aromatic ring is 1. The monoisotopic (exact) mass is 241 g/mol. The van der Waals surface area contributed by atoms with E-state index in [9.17, 15) is 9.18 Å². The van der Waals surface area contributed by atoms with Crippen molar-refractivity contribution < 1.29 is 18.7 Å². The molecule has 0 aromatic heterocycles. The van der Waals surface area contributed by atoms with Crippen molar-refractivity contribution in [3.05, 3.63) is 23.8 Å². The molecule has 0 aliphatic heterocycles. The van der Waals surface area contributed by atoms with Crippen molar-refractivity contribution in [1.29, 1.82) is 0 Å². The van der Waals surface area contributed by atoms with Gasteiger partial charge in [-0.1, -0.05) is 0 Å². The zero-order chi connectivity index (χ0) is 12.7. The molecule has 0 bridgehead atoms. The maximum absolute atomic E-state index is 12.0. The van der Waals surface area contributed by atoms with Crippen LogP contribution in [0.15, 0.2) is 18.2 Å². The summed E-state index contributed by atoms with van der Waals surface area (Å²) in [5.74, 6) is -0.139. The second-order valence-electron chi connectivity index (χ2n) is 3.37. The van der Waals surface area contributed by atoms with Crippen molar-refractivity contribution in [1.82, 2.24) is 0 Å². The lowest BCUT2D eigenvalue weighted by Gasteiger charge is -2.10. The Labute approximate surface area is 99.5 Å². The lowest BCUT2D eigenvalue weighted by Crippen LogP contribution is -2.09. The van der Waals surface area contributed by atoms with E-state index in [-0.39, 0.29) is 19.6 Å². The number of hydrogen-bond donors (Lipinski definition) is 1. The molecule has 0 radical (unpaired) electrons. The molecule has 4 nitrogen and oxygen atoms in total. The molecule has 17 heavy (non-hydrogen) atoms. The summed E-state index contributed by atoms with van der Waals surface area (Å²) < 4.78 is 22.1. The SMILES string of the molecule is CCOC(=O)c1ccc(N)cc1OCCCF. The van der Waals surface area contributed by atoms with Crippen LogP contribution in [0.4, 0.5) is 10.1 Å². The van der Waals surface area contributed by atoms with E-state index in [4.69, 9.17) is 15.2 Å². The average molecular weight is 241 g/mol. The van der Waals surface area contributed by atoms with Gasteiger partial charge in [-0.3, -0.25) is 4.39 Å². The highest BCUT2D eigenvalue weighted by Crippen LogP contribution is 2.23. The van der Waals surface area contributed by atoms with Gasteiger partial charge in [0.05, 0.1) is 19.9 Å². The van der Waals surface area contributed by atoms with Gasteiger partial charge in [-0.05, 0) is 19.1 Å². The predicted octanol–water partition coefficient (Wildman–Crippen LogP) is 2.18. The molecule has 0 unspecified atom stereocenters. The van der Waals surface area contributed by atoms with Gasteiger partial charge in [0.25, 0.3) is 0 Å². The van der Waals surface area contributed by atoms with Gasteiger partial charge in [-0.25, -0.2) is 4.79 Å². The summed E-state index contributed by atoms with van der Waals surface area (Å²) in [5.41, 5.74) is 6.39. The zero-order valence-electron chi connectivity index (χ0n) is 9.74. The van der Waals surface area contributed by atoms with E-state index in [0.717, 1.165) is 0 Å². The van der Waals surface area contributed by atoms with Crippen LogP contribution < -0.4 is 10.5 Å². The van der Waals surface area contributed by atoms with E-state index >= 15 is 0 Å². The first-order valence-electron chi connectivity index (χ1n) is 5.44. The Morgan fingerprint density at radius 1 is 1.47 bits per heavy atom. The number of ether oxygens (including phenoxy) is 2. The van der Waals surface area contributed by atoms with Gasteiger partial charge in [0.1, 0.15) is 11.3 Å². The maximum atomic E-state index is 12.0. The summed E-state index contributed by atoms with van der Waals surface area (Å²) in [6.07, 6.45) is 0.275. The second kappa shape index (κ2) is 6.73. The quantitative estimate of drug-likeness (QED) is 0.471. The summed E-state index contributed by atoms with van der Waals surface area (Å²) in [7, 11) is 0. The smallest absolute Gasteiger partial charge is 0.341 e. The van der Waals surface area contributed by atoms with Gasteiger partial charge < -0.3 is 15.2 Å². The van der Waals surface area contributed by atoms with E-state index in [2.05, 4.69) is 0 Å². The number of esters is 1. The third kappa shape index (κ3) is 3.94. The fourth-order valence-electron chi connectivity index (χ4n) is 1.27. The number of carbonyl (C=O) groups is 1. The first-order valence-corrected chi connectivity index (χ1v) is 5.44. The van der Waals surface area contributed by atoms with Crippen LogP contribution in [0.5, 0.6) is 5.75 Å². The largest absolute Gasteiger partial charge is 0.493 e. The molecule has 0 aliphatic rings. The van der Waals surface area contributed by atoms with Gasteiger partial charge in [-0.2, -0.15) is 0 Å². The van der Waals surface area contributed by atoms with E-state index in [1.165, 1.54) is 12.1 Å². The fraction of sp³-hybridized carbons (Fsp3) is 0.417. The van der Waals surface area contributed by atoms with Gasteiger partial charge in [0, 0.05) is 18.2 Å². The van der Waals surface area contributed by atoms with Crippen LogP contribution in [-0.2, 0) is 4.74 Å². The molecule has 0 aliphatic carbocycles. The van der Waals surface area contributed by atoms with Crippen LogP contribution in [0.2, 0.25) is 0 Å². The Morgan fingerprint density at radius 3 is 2.88 bits per heavy atom. The van der Waals surface area contributed by atoms with Crippen molar-refractivity contribution in [2.45, 2.75) is 13.3 Å². The fourth-order valence-corrected chi connectivity index (χ4v) is 1.27. The first-order chi connectivity index (χ1) is 8.19. The van der Waals surface area contributed by atoms with E-state index in [1.54, 1.807) is 13.0 Å². The Hall–Kier alpha value is -1.78. The van der Waals surface area contributed by atoms with Crippen molar-refractivity contribution in [2.75, 3.05) is 25.6 Å². The molecule has 0 fully saturated rings. The Kier molecular flexibility index (Phi) is 5.26. The van der Waals surface area contributed by atoms with E-state index in [1.807, 2.05) is 0 Å². The number of benzene rings is 1. The zero-order valence-corrected chi connectivity index (χ0v) is 9.74. The minimum Gasteiger partial charge on any atom is -0.493 e. The Balaban J connectivity index is 2.83. The van der Waals surface area contributed by atoms with Crippen LogP contribution in [-0.4, -0.2) is 25.9 Å². The van der Waals surface area contributed by atoms with E-state index in [0.29, 0.717) is 17.0 Å². The van der Waals surface area contributed by atoms with Crippen LogP contribution in [0.3, 0.4) is 0 Å². The molecule has 2 N–H and O–H groups in total. The molecule has 0 heterocycles. The number of rotatable bonds is 6. The molecule has 0 spiro atoms. The summed E-state index contributed by atoms with van der Waals surface area (Å²) in [4.78, 5) is 11.6. The van der Waals surface area contributed by atoms with Crippen molar-refractivity contribution in [2.24, 2.45) is 0 Å². The summed E-state index contributed by atoms with van der Waals surface area (Å²) in [5, 5.41) is 0. The lowest BCUT2D eigenvalue weighted by molar-refractivity contribution is 0.0521. The Morgan fingerprint density at radius 2 is 2.24 bits per heavy atom. The number of carbonyl (C=O) groups excluding carboxylic acids is 1. The standard InChI is InChI=1S/C12H16FNO3/c1-2-16-12(15)10-5-4-9(14)8-11(10)17-7-3-6-13/h4-5,8H,2-3,6-7,14H2,1H3. The summed E-state index contributed by atoms with van der Waals surface area (Å²) >= 11 is 0. The van der Waals surface area contributed by atoms with Crippen LogP contribution in [0.25, 0.3) is 0 Å². The molecule has 1 aromatic carbocycles. The van der Waals surface area contributed by atoms with Crippen LogP contribution >= 0.6 is 0 Å². The molecule has 94 valence electrons. The molecule has 5 heteroatoms. The summed E-state index contributed by atoms with van der Waals surface area (Å²) in [6.45, 7) is 1.75. The van der Waals surface area contributed by atoms with Gasteiger partial charge >= 0.3 is 5.97 Å². The average Bonchev–Trinajstić information content (AvgIpc) is 2.30. The minimum absolute atomic E-state index is 0.201. The topological polar surface area (TPSA) is 61.5 Å². The highest BCUT2D eigenvalue weighted by molar-refractivity contribution is 5.93. The Bertz CT molecular complexity index is 382. The molecule has 0 saturated heterocycles. The highest BCUT2D eigenvalue weighted by atomic mass is 19.1. The van der Waals surface area contributed by atoms with Gasteiger partial charge in [-0.15, -0.1) is 0 Å². The number of hydrogen-bond acceptors (Lipinski definition) is 4. The number of alkyl halides is 1. The molecule has 0 atom stereocenters. The predicted molar refractivity (Wildman–Crippen MR) is 62.9 cm³/mol. The molecule has 1 aromatic rings. The maximum Gasteiger partial charge on any atom is 0.341 e. The third-order valence-corrected chi connectivity index (χ3v) is 2.04. The number of anilines is 1. The molecular weight excluding hydrogens is 225 g/mol. The van der Waals surface area contributed by atoms with Crippen molar-refractivity contribution in [3.63, 3.8) is 0 Å². The van der Waals surface area contributed by atoms with Crippen LogP contribution in [0.1, 0.15) is 23.7 Å². The van der Waals surface area contributed by atoms with Crippen molar-refractivity contribution >= 4 is 11.7 Å².